The number of amides is 1. The fourth-order valence-electron chi connectivity index (χ4n) is 2.24. The lowest BCUT2D eigenvalue weighted by molar-refractivity contribution is -0.143. The van der Waals surface area contributed by atoms with Gasteiger partial charge in [-0.1, -0.05) is 12.1 Å². The van der Waals surface area contributed by atoms with Crippen LogP contribution >= 0.6 is 0 Å². The van der Waals surface area contributed by atoms with Crippen molar-refractivity contribution in [3.63, 3.8) is 0 Å². The molecule has 0 spiro atoms. The van der Waals surface area contributed by atoms with Crippen molar-refractivity contribution in [2.75, 3.05) is 0 Å². The Kier molecular flexibility index (Phi) is 4.50. The van der Waals surface area contributed by atoms with Gasteiger partial charge in [0.1, 0.15) is 11.9 Å². The van der Waals surface area contributed by atoms with Gasteiger partial charge in [-0.05, 0) is 30.0 Å². The van der Waals surface area contributed by atoms with E-state index in [1.165, 1.54) is 12.1 Å². The number of nitrogens with one attached hydrogen (secondary N) is 1. The number of benzene rings is 1. The first kappa shape index (κ1) is 15.3. The van der Waals surface area contributed by atoms with Crippen LogP contribution in [0.4, 0.5) is 13.2 Å². The van der Waals surface area contributed by atoms with Crippen LogP contribution in [0.5, 0.6) is 0 Å². The van der Waals surface area contributed by atoms with Crippen molar-refractivity contribution in [3.8, 4) is 0 Å². The van der Waals surface area contributed by atoms with E-state index in [-0.39, 0.29) is 11.7 Å². The van der Waals surface area contributed by atoms with Gasteiger partial charge in [0, 0.05) is 12.3 Å². The van der Waals surface area contributed by atoms with Gasteiger partial charge in [-0.15, -0.1) is 0 Å². The summed E-state index contributed by atoms with van der Waals surface area (Å²) in [6.45, 7) is 0. The first-order chi connectivity index (χ1) is 9.88. The van der Waals surface area contributed by atoms with Gasteiger partial charge in [-0.25, -0.2) is 18.0 Å². The molecule has 4 nitrogen and oxygen atoms in total. The first-order valence-corrected chi connectivity index (χ1v) is 6.45. The molecule has 2 N–H and O–H groups in total. The number of carboxylic acids is 1. The van der Waals surface area contributed by atoms with Crippen LogP contribution in [0.2, 0.25) is 0 Å². The molecule has 1 aliphatic carbocycles. The molecule has 1 aliphatic rings. The highest BCUT2D eigenvalue weighted by atomic mass is 19.3. The Balaban J connectivity index is 1.93. The molecule has 1 aromatic rings. The van der Waals surface area contributed by atoms with Crippen LogP contribution in [0.25, 0.3) is 0 Å². The molecular formula is C14H14F3NO3. The molecule has 1 amide bonds. The second-order valence-corrected chi connectivity index (χ2v) is 5.03. The zero-order valence-electron chi connectivity index (χ0n) is 10.9. The van der Waals surface area contributed by atoms with Crippen molar-refractivity contribution in [2.24, 2.45) is 5.92 Å². The van der Waals surface area contributed by atoms with Crippen LogP contribution in [0.3, 0.4) is 0 Å². The second-order valence-electron chi connectivity index (χ2n) is 5.03. The zero-order chi connectivity index (χ0) is 15.6. The van der Waals surface area contributed by atoms with Crippen LogP contribution in [0, 0.1) is 11.7 Å². The summed E-state index contributed by atoms with van der Waals surface area (Å²) in [5.41, 5.74) is 0.775. The van der Waals surface area contributed by atoms with Crippen molar-refractivity contribution >= 4 is 11.9 Å². The molecule has 21 heavy (non-hydrogen) atoms. The van der Waals surface area contributed by atoms with Crippen molar-refractivity contribution in [1.29, 1.82) is 0 Å². The van der Waals surface area contributed by atoms with Gasteiger partial charge >= 0.3 is 5.97 Å². The van der Waals surface area contributed by atoms with Crippen LogP contribution < -0.4 is 5.32 Å². The molecule has 114 valence electrons. The summed E-state index contributed by atoms with van der Waals surface area (Å²) in [7, 11) is 0. The van der Waals surface area contributed by atoms with E-state index in [2.05, 4.69) is 5.32 Å². The van der Waals surface area contributed by atoms with Crippen LogP contribution in [0.15, 0.2) is 24.3 Å². The van der Waals surface area contributed by atoms with Crippen molar-refractivity contribution in [1.82, 2.24) is 5.32 Å². The summed E-state index contributed by atoms with van der Waals surface area (Å²) in [5, 5.41) is 10.9. The average molecular weight is 301 g/mol. The Labute approximate surface area is 119 Å². The fraction of sp³-hybridized carbons (Fsp3) is 0.429. The average Bonchev–Trinajstić information content (AvgIpc) is 3.18. The largest absolute Gasteiger partial charge is 0.480 e. The van der Waals surface area contributed by atoms with Gasteiger partial charge in [-0.2, -0.15) is 0 Å². The Morgan fingerprint density at radius 1 is 1.29 bits per heavy atom. The predicted octanol–water partition coefficient (Wildman–Crippen LogP) is 2.15. The highest BCUT2D eigenvalue weighted by molar-refractivity contribution is 5.87. The molecule has 0 radical (unpaired) electrons. The Bertz CT molecular complexity index is 533. The number of aliphatic carboxylic acids is 1. The first-order valence-electron chi connectivity index (χ1n) is 6.45. The van der Waals surface area contributed by atoms with Crippen molar-refractivity contribution in [2.45, 2.75) is 31.2 Å². The number of rotatable bonds is 6. The fourth-order valence-corrected chi connectivity index (χ4v) is 2.24. The Morgan fingerprint density at radius 3 is 2.43 bits per heavy atom. The van der Waals surface area contributed by atoms with Gasteiger partial charge in [0.25, 0.3) is 0 Å². The van der Waals surface area contributed by atoms with E-state index in [0.29, 0.717) is 6.42 Å². The van der Waals surface area contributed by atoms with Crippen LogP contribution in [0.1, 0.15) is 24.3 Å². The molecule has 0 aromatic heterocycles. The topological polar surface area (TPSA) is 66.4 Å². The molecule has 0 heterocycles. The number of carbonyl (C=O) groups excluding carboxylic acids is 1. The van der Waals surface area contributed by atoms with E-state index in [4.69, 9.17) is 5.11 Å². The Hall–Kier alpha value is -2.05. The van der Waals surface area contributed by atoms with E-state index >= 15 is 0 Å². The van der Waals surface area contributed by atoms with Crippen molar-refractivity contribution in [3.05, 3.63) is 35.6 Å². The number of alkyl halides is 2. The van der Waals surface area contributed by atoms with E-state index in [9.17, 15) is 22.8 Å². The number of carbonyl (C=O) groups is 2. The summed E-state index contributed by atoms with van der Waals surface area (Å²) in [4.78, 5) is 22.7. The molecule has 3 atom stereocenters. The highest BCUT2D eigenvalue weighted by Gasteiger charge is 2.45. The molecule has 3 unspecified atom stereocenters. The van der Waals surface area contributed by atoms with Gasteiger partial charge in [-0.3, -0.25) is 4.79 Å². The van der Waals surface area contributed by atoms with E-state index in [0.717, 1.165) is 5.56 Å². The van der Waals surface area contributed by atoms with Crippen LogP contribution in [-0.4, -0.2) is 29.5 Å². The second kappa shape index (κ2) is 6.15. The predicted molar refractivity (Wildman–Crippen MR) is 67.4 cm³/mol. The smallest absolute Gasteiger partial charge is 0.326 e. The van der Waals surface area contributed by atoms with Gasteiger partial charge < -0.3 is 10.4 Å². The maximum absolute atomic E-state index is 12.8. The Morgan fingerprint density at radius 2 is 1.90 bits per heavy atom. The summed E-state index contributed by atoms with van der Waals surface area (Å²) in [6, 6.07) is 4.08. The summed E-state index contributed by atoms with van der Waals surface area (Å²) in [6.07, 6.45) is -3.23. The monoisotopic (exact) mass is 301 g/mol. The SMILES string of the molecule is O=C(O)C(CC(F)F)NC(=O)C1CC1c1ccc(F)cc1. The molecule has 2 rings (SSSR count). The highest BCUT2D eigenvalue weighted by Crippen LogP contribution is 2.47. The van der Waals surface area contributed by atoms with Gasteiger partial charge in [0.15, 0.2) is 0 Å². The zero-order valence-corrected chi connectivity index (χ0v) is 10.9. The maximum Gasteiger partial charge on any atom is 0.326 e. The molecule has 1 fully saturated rings. The van der Waals surface area contributed by atoms with E-state index in [1.807, 2.05) is 0 Å². The molecule has 0 aliphatic heterocycles. The minimum absolute atomic E-state index is 0.119. The summed E-state index contributed by atoms with van der Waals surface area (Å²) in [5.74, 6) is -3.00. The quantitative estimate of drug-likeness (QED) is 0.846. The molecule has 0 saturated heterocycles. The maximum atomic E-state index is 12.8. The van der Waals surface area contributed by atoms with Gasteiger partial charge in [0.2, 0.25) is 12.3 Å². The third kappa shape index (κ3) is 3.96. The third-order valence-corrected chi connectivity index (χ3v) is 3.45. The van der Waals surface area contributed by atoms with Crippen LogP contribution in [-0.2, 0) is 9.59 Å². The summed E-state index contributed by atoms with van der Waals surface area (Å²) < 4.78 is 37.3. The minimum atomic E-state index is -2.81. The number of carboxylic acid groups (broad SMARTS) is 1. The summed E-state index contributed by atoms with van der Waals surface area (Å²) >= 11 is 0. The lowest BCUT2D eigenvalue weighted by Gasteiger charge is -2.13. The lowest BCUT2D eigenvalue weighted by Crippen LogP contribution is -2.42. The molecule has 7 heteroatoms. The minimum Gasteiger partial charge on any atom is -0.480 e. The molecular weight excluding hydrogens is 287 g/mol. The molecule has 0 bridgehead atoms. The number of hydrogen-bond acceptors (Lipinski definition) is 2. The normalized spacial score (nSPS) is 21.9. The third-order valence-electron chi connectivity index (χ3n) is 3.45. The molecule has 1 aromatic carbocycles. The van der Waals surface area contributed by atoms with Crippen molar-refractivity contribution < 1.29 is 27.9 Å². The molecule has 1 saturated carbocycles. The van der Waals surface area contributed by atoms with E-state index < -0.39 is 36.7 Å². The van der Waals surface area contributed by atoms with Gasteiger partial charge in [0.05, 0.1) is 0 Å². The number of hydrogen-bond donors (Lipinski definition) is 2. The standard InChI is InChI=1S/C14H14F3NO3/c15-8-3-1-7(2-4-8)9-5-10(9)13(19)18-11(14(20)21)6-12(16)17/h1-4,9-12H,5-6H2,(H,18,19)(H,20,21). The lowest BCUT2D eigenvalue weighted by atomic mass is 10.1. The van der Waals surface area contributed by atoms with E-state index in [1.54, 1.807) is 12.1 Å². The number of halogens is 3.